The van der Waals surface area contributed by atoms with E-state index in [-0.39, 0.29) is 11.8 Å². The zero-order chi connectivity index (χ0) is 22.1. The summed E-state index contributed by atoms with van der Waals surface area (Å²) in [6.45, 7) is 2.02. The van der Waals surface area contributed by atoms with Gasteiger partial charge in [-0.05, 0) is 61.5 Å². The second-order valence-corrected chi connectivity index (χ2v) is 8.37. The van der Waals surface area contributed by atoms with Crippen molar-refractivity contribution in [2.45, 2.75) is 11.8 Å². The number of hydrogen-bond donors (Lipinski definition) is 2. The Bertz CT molecular complexity index is 1310. The fourth-order valence-corrected chi connectivity index (χ4v) is 4.07. The van der Waals surface area contributed by atoms with E-state index in [1.54, 1.807) is 30.3 Å². The summed E-state index contributed by atoms with van der Waals surface area (Å²) >= 11 is 1.48. The number of thioether (sulfide) groups is 1. The lowest BCUT2D eigenvalue weighted by atomic mass is 10.1. The molecule has 5 rings (SSSR count). The zero-order valence-corrected chi connectivity index (χ0v) is 17.9. The van der Waals surface area contributed by atoms with Gasteiger partial charge >= 0.3 is 0 Å². The number of aromatic nitrogens is 2. The monoisotopic (exact) mass is 442 g/mol. The Morgan fingerprint density at radius 2 is 1.62 bits per heavy atom. The molecule has 158 valence electrons. The highest BCUT2D eigenvalue weighted by molar-refractivity contribution is 8.00. The molecule has 1 aliphatic heterocycles. The predicted molar refractivity (Wildman–Crippen MR) is 124 cm³/mol. The molecule has 0 atom stereocenters. The lowest BCUT2D eigenvalue weighted by molar-refractivity contribution is -0.113. The Morgan fingerprint density at radius 1 is 0.969 bits per heavy atom. The number of rotatable bonds is 4. The van der Waals surface area contributed by atoms with Gasteiger partial charge < -0.3 is 15.1 Å². The molecule has 0 fully saturated rings. The van der Waals surface area contributed by atoms with Crippen molar-refractivity contribution in [1.82, 2.24) is 10.2 Å². The molecule has 4 aromatic rings. The van der Waals surface area contributed by atoms with E-state index in [9.17, 15) is 9.59 Å². The largest absolute Gasteiger partial charge is 0.416 e. The first-order chi connectivity index (χ1) is 15.5. The maximum atomic E-state index is 12.7. The van der Waals surface area contributed by atoms with Crippen LogP contribution in [0, 0.1) is 6.92 Å². The van der Waals surface area contributed by atoms with Crippen LogP contribution in [-0.2, 0) is 4.79 Å². The highest BCUT2D eigenvalue weighted by atomic mass is 32.2. The number of aryl methyl sites for hydroxylation is 1. The second kappa shape index (κ2) is 8.32. The van der Waals surface area contributed by atoms with Crippen molar-refractivity contribution in [3.63, 3.8) is 0 Å². The third kappa shape index (κ3) is 4.13. The van der Waals surface area contributed by atoms with Crippen LogP contribution in [0.1, 0.15) is 15.9 Å². The van der Waals surface area contributed by atoms with Crippen LogP contribution in [-0.4, -0.2) is 27.8 Å². The molecule has 32 heavy (non-hydrogen) atoms. The molecule has 0 radical (unpaired) electrons. The van der Waals surface area contributed by atoms with Crippen LogP contribution in [0.15, 0.2) is 76.0 Å². The number of hydrogen-bond acceptors (Lipinski definition) is 6. The lowest BCUT2D eigenvalue weighted by Crippen LogP contribution is -2.19. The molecule has 2 N–H and O–H groups in total. The van der Waals surface area contributed by atoms with Gasteiger partial charge in [-0.3, -0.25) is 9.59 Å². The van der Waals surface area contributed by atoms with E-state index < -0.39 is 0 Å². The average molecular weight is 443 g/mol. The number of carbonyl (C=O) groups excluding carboxylic acids is 2. The first kappa shape index (κ1) is 20.0. The van der Waals surface area contributed by atoms with E-state index in [2.05, 4.69) is 20.8 Å². The Balaban J connectivity index is 1.30. The smallest absolute Gasteiger partial charge is 0.255 e. The fraction of sp³-hybridized carbons (Fsp3) is 0.0833. The summed E-state index contributed by atoms with van der Waals surface area (Å²) in [5.41, 5.74) is 4.54. The summed E-state index contributed by atoms with van der Waals surface area (Å²) < 4.78 is 5.79. The molecule has 2 amide bonds. The van der Waals surface area contributed by atoms with Crippen LogP contribution in [0.4, 0.5) is 11.4 Å². The van der Waals surface area contributed by atoms with Gasteiger partial charge in [-0.15, -0.1) is 22.0 Å². The van der Waals surface area contributed by atoms with E-state index in [0.717, 1.165) is 21.6 Å². The molecule has 1 aliphatic rings. The molecule has 2 heterocycles. The number of nitrogens with one attached hydrogen (secondary N) is 2. The van der Waals surface area contributed by atoms with Crippen molar-refractivity contribution < 1.29 is 14.0 Å². The molecular formula is C24H18N4O3S. The first-order valence-corrected chi connectivity index (χ1v) is 10.9. The van der Waals surface area contributed by atoms with Crippen molar-refractivity contribution in [2.24, 2.45) is 0 Å². The predicted octanol–water partition coefficient (Wildman–Crippen LogP) is 5.01. The molecule has 0 unspecified atom stereocenters. The number of carbonyl (C=O) groups is 2. The molecule has 0 spiro atoms. The summed E-state index contributed by atoms with van der Waals surface area (Å²) in [6.07, 6.45) is 0. The van der Waals surface area contributed by atoms with Crippen LogP contribution in [0.3, 0.4) is 0 Å². The molecule has 0 saturated carbocycles. The zero-order valence-electron chi connectivity index (χ0n) is 17.1. The highest BCUT2D eigenvalue weighted by Gasteiger charge is 2.17. The van der Waals surface area contributed by atoms with Crippen LogP contribution in [0.25, 0.3) is 22.9 Å². The summed E-state index contributed by atoms with van der Waals surface area (Å²) in [5, 5.41) is 13.9. The van der Waals surface area contributed by atoms with Gasteiger partial charge in [-0.2, -0.15) is 0 Å². The average Bonchev–Trinajstić information content (AvgIpc) is 3.30. The number of nitrogens with zero attached hydrogens (tertiary/aromatic N) is 2. The van der Waals surface area contributed by atoms with Crippen molar-refractivity contribution in [1.29, 1.82) is 0 Å². The third-order valence-corrected chi connectivity index (χ3v) is 6.06. The van der Waals surface area contributed by atoms with E-state index in [1.165, 1.54) is 11.8 Å². The molecule has 0 saturated heterocycles. The van der Waals surface area contributed by atoms with Crippen LogP contribution in [0.5, 0.6) is 0 Å². The van der Waals surface area contributed by atoms with Gasteiger partial charge in [0.05, 0.1) is 11.4 Å². The maximum Gasteiger partial charge on any atom is 0.255 e. The fourth-order valence-electron chi connectivity index (χ4n) is 3.28. The first-order valence-electron chi connectivity index (χ1n) is 9.94. The third-order valence-electron chi connectivity index (χ3n) is 4.99. The van der Waals surface area contributed by atoms with Crippen molar-refractivity contribution in [3.8, 4) is 22.9 Å². The van der Waals surface area contributed by atoms with Crippen LogP contribution < -0.4 is 10.6 Å². The van der Waals surface area contributed by atoms with E-state index in [4.69, 9.17) is 4.42 Å². The Kier molecular flexibility index (Phi) is 5.20. The standard InChI is InChI=1S/C24H18N4O3S/c1-14-2-4-16(5-3-14)23-27-28-24(31-23)17-8-6-15(7-9-17)22(30)25-18-10-11-20-19(12-18)26-21(29)13-32-20/h2-12H,13H2,1H3,(H,25,30)(H,26,29). The summed E-state index contributed by atoms with van der Waals surface area (Å²) in [5.74, 6) is 0.928. The lowest BCUT2D eigenvalue weighted by Gasteiger charge is -2.17. The van der Waals surface area contributed by atoms with Gasteiger partial charge in [0.15, 0.2) is 0 Å². The molecule has 0 aliphatic carbocycles. The van der Waals surface area contributed by atoms with Crippen LogP contribution >= 0.6 is 11.8 Å². The Hall–Kier alpha value is -3.91. The molecule has 3 aromatic carbocycles. The molecular weight excluding hydrogens is 424 g/mol. The molecule has 1 aromatic heterocycles. The van der Waals surface area contributed by atoms with Gasteiger partial charge in [0, 0.05) is 27.3 Å². The maximum absolute atomic E-state index is 12.7. The van der Waals surface area contributed by atoms with E-state index in [1.807, 2.05) is 43.3 Å². The number of anilines is 2. The van der Waals surface area contributed by atoms with E-state index >= 15 is 0 Å². The number of amides is 2. The molecule has 7 nitrogen and oxygen atoms in total. The SMILES string of the molecule is Cc1ccc(-c2nnc(-c3ccc(C(=O)Nc4ccc5c(c4)NC(=O)CS5)cc3)o2)cc1. The Labute approximate surface area is 188 Å². The summed E-state index contributed by atoms with van der Waals surface area (Å²) in [7, 11) is 0. The van der Waals surface area contributed by atoms with Crippen LogP contribution in [0.2, 0.25) is 0 Å². The Morgan fingerprint density at radius 3 is 2.31 bits per heavy atom. The highest BCUT2D eigenvalue weighted by Crippen LogP contribution is 2.33. The van der Waals surface area contributed by atoms with E-state index in [0.29, 0.717) is 34.5 Å². The van der Waals surface area contributed by atoms with Crippen molar-refractivity contribution in [3.05, 3.63) is 77.9 Å². The molecule has 0 bridgehead atoms. The minimum absolute atomic E-state index is 0.0480. The van der Waals surface area contributed by atoms with Gasteiger partial charge in [0.1, 0.15) is 0 Å². The summed E-state index contributed by atoms with van der Waals surface area (Å²) in [6, 6.07) is 20.3. The van der Waals surface area contributed by atoms with Gasteiger partial charge in [-0.1, -0.05) is 17.7 Å². The van der Waals surface area contributed by atoms with Crippen molar-refractivity contribution >= 4 is 35.0 Å². The minimum Gasteiger partial charge on any atom is -0.416 e. The molecule has 8 heteroatoms. The normalized spacial score (nSPS) is 12.7. The second-order valence-electron chi connectivity index (χ2n) is 7.36. The summed E-state index contributed by atoms with van der Waals surface area (Å²) in [4.78, 5) is 25.2. The van der Waals surface area contributed by atoms with Gasteiger partial charge in [0.25, 0.3) is 5.91 Å². The number of benzene rings is 3. The van der Waals surface area contributed by atoms with Gasteiger partial charge in [-0.25, -0.2) is 0 Å². The quantitative estimate of drug-likeness (QED) is 0.461. The van der Waals surface area contributed by atoms with Crippen molar-refractivity contribution in [2.75, 3.05) is 16.4 Å². The minimum atomic E-state index is -0.253. The number of fused-ring (bicyclic) bond motifs is 1. The van der Waals surface area contributed by atoms with Gasteiger partial charge in [0.2, 0.25) is 17.7 Å². The topological polar surface area (TPSA) is 97.1 Å².